The molecule has 1 N–H and O–H groups in total. The van der Waals surface area contributed by atoms with Crippen LogP contribution in [-0.4, -0.2) is 56.8 Å². The molecule has 10 heteroatoms. The van der Waals surface area contributed by atoms with E-state index in [2.05, 4.69) is 20.8 Å². The average molecular weight is 417 g/mol. The normalized spacial score (nSPS) is 10.5. The average Bonchev–Trinajstić information content (AvgIpc) is 3.15. The molecule has 3 rings (SSSR count). The summed E-state index contributed by atoms with van der Waals surface area (Å²) in [6, 6.07) is 13.8. The number of halogens is 1. The molecular weight excluding hydrogens is 400 g/mol. The van der Waals surface area contributed by atoms with Crippen molar-refractivity contribution in [3.8, 4) is 5.69 Å². The second kappa shape index (κ2) is 8.85. The zero-order valence-electron chi connectivity index (χ0n) is 15.2. The van der Waals surface area contributed by atoms with Crippen LogP contribution in [0.5, 0.6) is 0 Å². The van der Waals surface area contributed by atoms with Gasteiger partial charge in [0.25, 0.3) is 5.91 Å². The number of nitrogens with one attached hydrogen (secondary N) is 1. The molecule has 0 unspecified atom stereocenters. The van der Waals surface area contributed by atoms with Gasteiger partial charge < -0.3 is 10.2 Å². The smallest absolute Gasteiger partial charge is 0.253 e. The van der Waals surface area contributed by atoms with Crippen molar-refractivity contribution in [3.63, 3.8) is 0 Å². The number of hydrogen-bond acceptors (Lipinski definition) is 6. The van der Waals surface area contributed by atoms with Crippen molar-refractivity contribution in [2.45, 2.75) is 5.16 Å². The molecule has 0 aliphatic rings. The van der Waals surface area contributed by atoms with Gasteiger partial charge in [0.15, 0.2) is 0 Å². The van der Waals surface area contributed by atoms with Crippen LogP contribution in [0.25, 0.3) is 5.69 Å². The van der Waals surface area contributed by atoms with Gasteiger partial charge in [-0.15, -0.1) is 5.10 Å². The molecule has 0 saturated heterocycles. The number of carbonyl (C=O) groups is 2. The van der Waals surface area contributed by atoms with Gasteiger partial charge in [-0.2, -0.15) is 4.68 Å². The standard InChI is InChI=1S/C18H17ClN6O2S/c1-24(2)17(27)12-6-8-14(9-7-12)20-16(26)11-28-18-21-22-23-25(18)15-5-3-4-13(19)10-15/h3-10H,11H2,1-2H3,(H,20,26). The lowest BCUT2D eigenvalue weighted by atomic mass is 10.2. The SMILES string of the molecule is CN(C)C(=O)c1ccc(NC(=O)CSc2nnnn2-c2cccc(Cl)c2)cc1. The molecule has 0 saturated carbocycles. The van der Waals surface area contributed by atoms with E-state index in [1.807, 2.05) is 6.07 Å². The Balaban J connectivity index is 1.60. The molecule has 0 aliphatic heterocycles. The maximum absolute atomic E-state index is 12.2. The molecule has 2 aromatic carbocycles. The van der Waals surface area contributed by atoms with Gasteiger partial charge >= 0.3 is 0 Å². The summed E-state index contributed by atoms with van der Waals surface area (Å²) in [6.45, 7) is 0. The summed E-state index contributed by atoms with van der Waals surface area (Å²) in [6.07, 6.45) is 0. The van der Waals surface area contributed by atoms with Crippen LogP contribution in [-0.2, 0) is 4.79 Å². The summed E-state index contributed by atoms with van der Waals surface area (Å²) in [7, 11) is 3.37. The lowest BCUT2D eigenvalue weighted by Crippen LogP contribution is -2.21. The van der Waals surface area contributed by atoms with Crippen LogP contribution in [0.4, 0.5) is 5.69 Å². The Hall–Kier alpha value is -2.91. The third-order valence-electron chi connectivity index (χ3n) is 3.65. The van der Waals surface area contributed by atoms with E-state index in [-0.39, 0.29) is 17.6 Å². The van der Waals surface area contributed by atoms with Crippen molar-refractivity contribution in [2.75, 3.05) is 25.2 Å². The highest BCUT2D eigenvalue weighted by Gasteiger charge is 2.13. The summed E-state index contributed by atoms with van der Waals surface area (Å²) < 4.78 is 1.52. The molecule has 3 aromatic rings. The van der Waals surface area contributed by atoms with Crippen molar-refractivity contribution >= 4 is 40.9 Å². The minimum absolute atomic E-state index is 0.0960. The number of carbonyl (C=O) groups excluding carboxylic acids is 2. The Morgan fingerprint density at radius 1 is 1.18 bits per heavy atom. The molecule has 0 spiro atoms. The number of benzene rings is 2. The highest BCUT2D eigenvalue weighted by atomic mass is 35.5. The van der Waals surface area contributed by atoms with E-state index in [0.717, 1.165) is 0 Å². The first-order chi connectivity index (χ1) is 13.4. The second-order valence-corrected chi connectivity index (χ2v) is 7.35. The first-order valence-corrected chi connectivity index (χ1v) is 9.59. The van der Waals surface area contributed by atoms with Gasteiger partial charge in [0.2, 0.25) is 11.1 Å². The van der Waals surface area contributed by atoms with Gasteiger partial charge in [0.05, 0.1) is 11.4 Å². The molecule has 2 amide bonds. The lowest BCUT2D eigenvalue weighted by molar-refractivity contribution is -0.113. The monoisotopic (exact) mass is 416 g/mol. The fourth-order valence-corrected chi connectivity index (χ4v) is 3.20. The van der Waals surface area contributed by atoms with E-state index < -0.39 is 0 Å². The zero-order chi connectivity index (χ0) is 20.1. The Morgan fingerprint density at radius 2 is 1.93 bits per heavy atom. The maximum Gasteiger partial charge on any atom is 0.253 e. The van der Waals surface area contributed by atoms with E-state index in [9.17, 15) is 9.59 Å². The topological polar surface area (TPSA) is 93.0 Å². The van der Waals surface area contributed by atoms with Crippen LogP contribution in [0, 0.1) is 0 Å². The predicted octanol–water partition coefficient (Wildman–Crippen LogP) is 2.75. The molecule has 0 fully saturated rings. The van der Waals surface area contributed by atoms with Crippen LogP contribution >= 0.6 is 23.4 Å². The minimum Gasteiger partial charge on any atom is -0.345 e. The molecule has 144 valence electrons. The summed E-state index contributed by atoms with van der Waals surface area (Å²) in [5.41, 5.74) is 1.87. The number of nitrogens with zero attached hydrogens (tertiary/aromatic N) is 5. The van der Waals surface area contributed by atoms with E-state index in [4.69, 9.17) is 11.6 Å². The molecule has 0 bridgehead atoms. The Morgan fingerprint density at radius 3 is 2.61 bits per heavy atom. The number of amides is 2. The zero-order valence-corrected chi connectivity index (χ0v) is 16.7. The molecule has 28 heavy (non-hydrogen) atoms. The van der Waals surface area contributed by atoms with Gasteiger partial charge in [-0.1, -0.05) is 29.4 Å². The molecule has 0 radical (unpaired) electrons. The molecule has 8 nitrogen and oxygen atoms in total. The van der Waals surface area contributed by atoms with E-state index in [1.165, 1.54) is 21.3 Å². The number of rotatable bonds is 6. The van der Waals surface area contributed by atoms with Crippen molar-refractivity contribution in [1.82, 2.24) is 25.1 Å². The highest BCUT2D eigenvalue weighted by molar-refractivity contribution is 7.99. The second-order valence-electron chi connectivity index (χ2n) is 5.97. The molecule has 0 aliphatic carbocycles. The third kappa shape index (κ3) is 4.87. The first kappa shape index (κ1) is 19.8. The van der Waals surface area contributed by atoms with Gasteiger partial charge in [-0.05, 0) is 52.9 Å². The van der Waals surface area contributed by atoms with Gasteiger partial charge in [-0.3, -0.25) is 9.59 Å². The number of hydrogen-bond donors (Lipinski definition) is 1. The van der Waals surface area contributed by atoms with Crippen molar-refractivity contribution in [1.29, 1.82) is 0 Å². The quantitative estimate of drug-likeness (QED) is 0.621. The van der Waals surface area contributed by atoms with E-state index in [0.29, 0.717) is 27.1 Å². The van der Waals surface area contributed by atoms with Crippen LogP contribution in [0.1, 0.15) is 10.4 Å². The molecular formula is C18H17ClN6O2S. The highest BCUT2D eigenvalue weighted by Crippen LogP contribution is 2.21. The number of thioether (sulfide) groups is 1. The predicted molar refractivity (Wildman–Crippen MR) is 108 cm³/mol. The van der Waals surface area contributed by atoms with Crippen LogP contribution in [0.2, 0.25) is 5.02 Å². The van der Waals surface area contributed by atoms with Crippen molar-refractivity contribution < 1.29 is 9.59 Å². The van der Waals surface area contributed by atoms with Gasteiger partial charge in [0, 0.05) is 30.4 Å². The fourth-order valence-electron chi connectivity index (χ4n) is 2.32. The third-order valence-corrected chi connectivity index (χ3v) is 4.80. The van der Waals surface area contributed by atoms with E-state index >= 15 is 0 Å². The Kier molecular flexibility index (Phi) is 6.27. The summed E-state index contributed by atoms with van der Waals surface area (Å²) in [4.78, 5) is 25.6. The minimum atomic E-state index is -0.211. The van der Waals surface area contributed by atoms with Crippen molar-refractivity contribution in [3.05, 3.63) is 59.1 Å². The molecule has 1 heterocycles. The Bertz CT molecular complexity index is 990. The largest absolute Gasteiger partial charge is 0.345 e. The maximum atomic E-state index is 12.2. The van der Waals surface area contributed by atoms with Crippen LogP contribution in [0.3, 0.4) is 0 Å². The van der Waals surface area contributed by atoms with Gasteiger partial charge in [0.1, 0.15) is 0 Å². The van der Waals surface area contributed by atoms with Crippen LogP contribution < -0.4 is 5.32 Å². The summed E-state index contributed by atoms with van der Waals surface area (Å²) in [5, 5.41) is 15.4. The fraction of sp³-hybridized carbons (Fsp3) is 0.167. The van der Waals surface area contributed by atoms with Crippen LogP contribution in [0.15, 0.2) is 53.7 Å². The Labute approximate surface area is 170 Å². The van der Waals surface area contributed by atoms with Gasteiger partial charge in [-0.25, -0.2) is 0 Å². The number of tetrazole rings is 1. The number of aromatic nitrogens is 4. The molecule has 1 aromatic heterocycles. The van der Waals surface area contributed by atoms with Crippen molar-refractivity contribution in [2.24, 2.45) is 0 Å². The summed E-state index contributed by atoms with van der Waals surface area (Å²) >= 11 is 7.21. The van der Waals surface area contributed by atoms with E-state index in [1.54, 1.807) is 56.6 Å². The first-order valence-electron chi connectivity index (χ1n) is 8.23. The lowest BCUT2D eigenvalue weighted by Gasteiger charge is -2.11. The number of anilines is 1. The molecule has 0 atom stereocenters. The summed E-state index contributed by atoms with van der Waals surface area (Å²) in [5.74, 6) is -0.183.